The maximum Gasteiger partial charge on any atom is 0.223 e. The number of nitrogens with zero attached hydrogens (tertiary/aromatic N) is 1. The van der Waals surface area contributed by atoms with E-state index in [1.165, 1.54) is 12.8 Å². The predicted molar refractivity (Wildman–Crippen MR) is 103 cm³/mol. The van der Waals surface area contributed by atoms with Crippen molar-refractivity contribution in [2.45, 2.75) is 45.3 Å². The molecule has 1 N–H and O–H groups in total. The lowest BCUT2D eigenvalue weighted by Crippen LogP contribution is -2.46. The summed E-state index contributed by atoms with van der Waals surface area (Å²) in [6.45, 7) is 7.84. The molecule has 4 unspecified atom stereocenters. The SMILES string of the molecule is CC1CN(C(=O)CC(C)C2CCCNC2)CC(c2ccccc2)O1.Cl. The molecule has 2 fully saturated rings. The summed E-state index contributed by atoms with van der Waals surface area (Å²) >= 11 is 0. The van der Waals surface area contributed by atoms with Gasteiger partial charge >= 0.3 is 0 Å². The molecule has 4 nitrogen and oxygen atoms in total. The molecule has 140 valence electrons. The molecule has 2 aliphatic heterocycles. The number of carbonyl (C=O) groups excluding carboxylic acids is 1. The van der Waals surface area contributed by atoms with Gasteiger partial charge in [0.15, 0.2) is 0 Å². The van der Waals surface area contributed by atoms with Gasteiger partial charge in [-0.05, 0) is 50.3 Å². The van der Waals surface area contributed by atoms with Gasteiger partial charge in [-0.1, -0.05) is 37.3 Å². The molecule has 3 rings (SSSR count). The fourth-order valence-corrected chi connectivity index (χ4v) is 3.94. The van der Waals surface area contributed by atoms with Gasteiger partial charge in [-0.2, -0.15) is 0 Å². The van der Waals surface area contributed by atoms with E-state index in [2.05, 4.69) is 31.3 Å². The van der Waals surface area contributed by atoms with Crippen LogP contribution in [0.25, 0.3) is 0 Å². The molecule has 0 aromatic heterocycles. The first-order valence-electron chi connectivity index (χ1n) is 9.32. The monoisotopic (exact) mass is 366 g/mol. The van der Waals surface area contributed by atoms with Crippen molar-refractivity contribution in [1.82, 2.24) is 10.2 Å². The molecule has 2 aliphatic rings. The van der Waals surface area contributed by atoms with Crippen molar-refractivity contribution in [3.63, 3.8) is 0 Å². The Kier molecular flexibility index (Phi) is 7.73. The molecule has 1 aromatic carbocycles. The molecular formula is C20H31ClN2O2. The quantitative estimate of drug-likeness (QED) is 0.887. The molecule has 25 heavy (non-hydrogen) atoms. The summed E-state index contributed by atoms with van der Waals surface area (Å²) in [7, 11) is 0. The second-order valence-corrected chi connectivity index (χ2v) is 7.43. The topological polar surface area (TPSA) is 41.6 Å². The average Bonchev–Trinajstić information content (AvgIpc) is 2.62. The number of morpholine rings is 1. The van der Waals surface area contributed by atoms with E-state index in [1.54, 1.807) is 0 Å². The van der Waals surface area contributed by atoms with E-state index in [9.17, 15) is 4.79 Å². The van der Waals surface area contributed by atoms with E-state index >= 15 is 0 Å². The molecule has 0 bridgehead atoms. The van der Waals surface area contributed by atoms with Gasteiger partial charge in [-0.25, -0.2) is 0 Å². The number of rotatable bonds is 4. The molecule has 0 radical (unpaired) electrons. The minimum Gasteiger partial charge on any atom is -0.367 e. The second kappa shape index (κ2) is 9.56. The molecule has 1 amide bonds. The Hall–Kier alpha value is -1.10. The maximum absolute atomic E-state index is 12.8. The Balaban J connectivity index is 0.00000225. The number of hydrogen-bond acceptors (Lipinski definition) is 3. The van der Waals surface area contributed by atoms with E-state index in [-0.39, 0.29) is 30.5 Å². The van der Waals surface area contributed by atoms with Gasteiger partial charge in [0.25, 0.3) is 0 Å². The van der Waals surface area contributed by atoms with Crippen molar-refractivity contribution in [2.24, 2.45) is 11.8 Å². The summed E-state index contributed by atoms with van der Waals surface area (Å²) in [5, 5.41) is 3.46. The Labute approximate surface area is 157 Å². The van der Waals surface area contributed by atoms with Crippen molar-refractivity contribution in [2.75, 3.05) is 26.2 Å². The molecule has 0 saturated carbocycles. The Bertz CT molecular complexity index is 534. The van der Waals surface area contributed by atoms with Crippen LogP contribution in [0.5, 0.6) is 0 Å². The first-order valence-corrected chi connectivity index (χ1v) is 9.32. The normalized spacial score (nSPS) is 28.1. The minimum atomic E-state index is -0.00875. The van der Waals surface area contributed by atoms with E-state index in [1.807, 2.05) is 23.1 Å². The van der Waals surface area contributed by atoms with Crippen molar-refractivity contribution in [3.05, 3.63) is 35.9 Å². The first kappa shape index (κ1) is 20.2. The third-order valence-corrected chi connectivity index (χ3v) is 5.42. The zero-order valence-electron chi connectivity index (χ0n) is 15.3. The fraction of sp³-hybridized carbons (Fsp3) is 0.650. The van der Waals surface area contributed by atoms with Crippen LogP contribution in [0.4, 0.5) is 0 Å². The van der Waals surface area contributed by atoms with Gasteiger partial charge in [0.1, 0.15) is 6.10 Å². The molecule has 4 atom stereocenters. The van der Waals surface area contributed by atoms with Gasteiger partial charge in [-0.15, -0.1) is 12.4 Å². The summed E-state index contributed by atoms with van der Waals surface area (Å²) < 4.78 is 6.07. The van der Waals surface area contributed by atoms with Gasteiger partial charge in [0.2, 0.25) is 5.91 Å². The summed E-state index contributed by atoms with van der Waals surface area (Å²) in [6.07, 6.45) is 3.20. The Morgan fingerprint density at radius 1 is 1.32 bits per heavy atom. The number of hydrogen-bond donors (Lipinski definition) is 1. The highest BCUT2D eigenvalue weighted by Gasteiger charge is 2.31. The lowest BCUT2D eigenvalue weighted by atomic mass is 9.85. The maximum atomic E-state index is 12.8. The molecule has 1 aromatic rings. The highest BCUT2D eigenvalue weighted by molar-refractivity contribution is 5.85. The first-order chi connectivity index (χ1) is 11.6. The third-order valence-electron chi connectivity index (χ3n) is 5.42. The molecule has 0 aliphatic carbocycles. The van der Waals surface area contributed by atoms with Crippen molar-refractivity contribution in [1.29, 1.82) is 0 Å². The van der Waals surface area contributed by atoms with Crippen LogP contribution in [0.15, 0.2) is 30.3 Å². The summed E-state index contributed by atoms with van der Waals surface area (Å²) in [4.78, 5) is 14.8. The van der Waals surface area contributed by atoms with E-state index in [4.69, 9.17) is 4.74 Å². The largest absolute Gasteiger partial charge is 0.367 e. The van der Waals surface area contributed by atoms with Crippen LogP contribution in [-0.4, -0.2) is 43.1 Å². The highest BCUT2D eigenvalue weighted by Crippen LogP contribution is 2.28. The second-order valence-electron chi connectivity index (χ2n) is 7.43. The predicted octanol–water partition coefficient (Wildman–Crippen LogP) is 3.42. The van der Waals surface area contributed by atoms with Crippen LogP contribution in [-0.2, 0) is 9.53 Å². The van der Waals surface area contributed by atoms with Gasteiger partial charge < -0.3 is 15.0 Å². The van der Waals surface area contributed by atoms with Crippen LogP contribution < -0.4 is 5.32 Å². The summed E-state index contributed by atoms with van der Waals surface area (Å²) in [5.74, 6) is 1.36. The highest BCUT2D eigenvalue weighted by atomic mass is 35.5. The van der Waals surface area contributed by atoms with E-state index in [0.717, 1.165) is 18.7 Å². The third kappa shape index (κ3) is 5.44. The number of piperidine rings is 1. The van der Waals surface area contributed by atoms with Crippen LogP contribution in [0.3, 0.4) is 0 Å². The average molecular weight is 367 g/mol. The van der Waals surface area contributed by atoms with Gasteiger partial charge in [0, 0.05) is 13.0 Å². The smallest absolute Gasteiger partial charge is 0.223 e. The molecule has 2 heterocycles. The Morgan fingerprint density at radius 3 is 2.76 bits per heavy atom. The number of benzene rings is 1. The number of nitrogens with one attached hydrogen (secondary N) is 1. The standard InChI is InChI=1S/C20H30N2O2.ClH/c1-15(18-9-6-10-21-12-18)11-20(23)22-13-16(2)24-19(14-22)17-7-4-3-5-8-17;/h3-5,7-8,15-16,18-19,21H,6,9-14H2,1-2H3;1H. The van der Waals surface area contributed by atoms with Crippen LogP contribution >= 0.6 is 12.4 Å². The molecular weight excluding hydrogens is 336 g/mol. The molecule has 2 saturated heterocycles. The molecule has 0 spiro atoms. The zero-order chi connectivity index (χ0) is 16.9. The zero-order valence-corrected chi connectivity index (χ0v) is 16.1. The molecule has 5 heteroatoms. The number of carbonyl (C=O) groups is 1. The van der Waals surface area contributed by atoms with Crippen LogP contribution in [0, 0.1) is 11.8 Å². The minimum absolute atomic E-state index is 0. The number of ether oxygens (including phenoxy) is 1. The van der Waals surface area contributed by atoms with Crippen LogP contribution in [0.1, 0.15) is 44.8 Å². The number of halogens is 1. The number of amides is 1. The van der Waals surface area contributed by atoms with E-state index < -0.39 is 0 Å². The lowest BCUT2D eigenvalue weighted by Gasteiger charge is -2.38. The Morgan fingerprint density at radius 2 is 2.08 bits per heavy atom. The van der Waals surface area contributed by atoms with Gasteiger partial charge in [-0.3, -0.25) is 4.79 Å². The summed E-state index contributed by atoms with van der Waals surface area (Å²) in [6, 6.07) is 10.2. The summed E-state index contributed by atoms with van der Waals surface area (Å²) in [5.41, 5.74) is 1.16. The van der Waals surface area contributed by atoms with E-state index in [0.29, 0.717) is 31.3 Å². The lowest BCUT2D eigenvalue weighted by molar-refractivity contribution is -0.146. The van der Waals surface area contributed by atoms with Crippen molar-refractivity contribution < 1.29 is 9.53 Å². The van der Waals surface area contributed by atoms with Gasteiger partial charge in [0.05, 0.1) is 12.6 Å². The van der Waals surface area contributed by atoms with Crippen LogP contribution in [0.2, 0.25) is 0 Å². The van der Waals surface area contributed by atoms with Crippen molar-refractivity contribution in [3.8, 4) is 0 Å². The fourth-order valence-electron chi connectivity index (χ4n) is 3.94. The van der Waals surface area contributed by atoms with Crippen molar-refractivity contribution >= 4 is 18.3 Å².